The van der Waals surface area contributed by atoms with E-state index in [2.05, 4.69) is 15.6 Å². The second-order valence-electron chi connectivity index (χ2n) is 7.20. The quantitative estimate of drug-likeness (QED) is 0.260. The van der Waals surface area contributed by atoms with Gasteiger partial charge in [-0.15, -0.1) is 0 Å². The van der Waals surface area contributed by atoms with Crippen LogP contribution < -0.4 is 15.4 Å². The van der Waals surface area contributed by atoms with Gasteiger partial charge in [-0.1, -0.05) is 6.07 Å². The van der Waals surface area contributed by atoms with Crippen molar-refractivity contribution in [2.75, 3.05) is 46.1 Å². The monoisotopic (exact) mass is 447 g/mol. The van der Waals surface area contributed by atoms with Crippen LogP contribution in [0.15, 0.2) is 29.3 Å². The van der Waals surface area contributed by atoms with Gasteiger partial charge >= 0.3 is 6.18 Å². The maximum Gasteiger partial charge on any atom is 0.416 e. The maximum atomic E-state index is 12.7. The molecule has 7 nitrogen and oxygen atoms in total. The summed E-state index contributed by atoms with van der Waals surface area (Å²) in [6.07, 6.45) is -2.25. The van der Waals surface area contributed by atoms with Crippen LogP contribution in [0.5, 0.6) is 5.75 Å². The molecule has 0 spiro atoms. The highest BCUT2D eigenvalue weighted by Gasteiger charge is 2.30. The van der Waals surface area contributed by atoms with Gasteiger partial charge in [0, 0.05) is 26.3 Å². The predicted molar refractivity (Wildman–Crippen MR) is 111 cm³/mol. The first-order valence-corrected chi connectivity index (χ1v) is 10.6. The third kappa shape index (κ3) is 10.2. The van der Waals surface area contributed by atoms with Gasteiger partial charge in [-0.2, -0.15) is 13.2 Å². The average Bonchev–Trinajstić information content (AvgIpc) is 3.26. The molecule has 2 rings (SSSR count). The van der Waals surface area contributed by atoms with E-state index in [-0.39, 0.29) is 25.0 Å². The Kier molecular flexibility index (Phi) is 10.9. The van der Waals surface area contributed by atoms with Crippen molar-refractivity contribution in [2.45, 2.75) is 44.6 Å². The Morgan fingerprint density at radius 2 is 2.19 bits per heavy atom. The van der Waals surface area contributed by atoms with Crippen LogP contribution >= 0.6 is 0 Å². The number of hydrogen-bond acceptors (Lipinski definition) is 5. The van der Waals surface area contributed by atoms with E-state index in [0.29, 0.717) is 32.3 Å². The van der Waals surface area contributed by atoms with Crippen LogP contribution in [-0.4, -0.2) is 69.3 Å². The summed E-state index contributed by atoms with van der Waals surface area (Å²) in [5, 5.41) is 16.3. The molecule has 0 saturated carbocycles. The summed E-state index contributed by atoms with van der Waals surface area (Å²) in [6.45, 7) is 5.15. The SMILES string of the molecule is CCNC(=NCC(O)COc1cccc(C(F)(F)F)c1)NCCCOCC1CCCO1. The van der Waals surface area contributed by atoms with Crippen LogP contribution in [0.1, 0.15) is 31.7 Å². The second-order valence-corrected chi connectivity index (χ2v) is 7.20. The van der Waals surface area contributed by atoms with Crippen molar-refractivity contribution >= 4 is 5.96 Å². The molecule has 1 fully saturated rings. The summed E-state index contributed by atoms with van der Waals surface area (Å²) in [7, 11) is 0. The van der Waals surface area contributed by atoms with Crippen LogP contribution in [0.3, 0.4) is 0 Å². The number of aliphatic hydroxyl groups excluding tert-OH is 1. The second kappa shape index (κ2) is 13.4. The van der Waals surface area contributed by atoms with E-state index in [4.69, 9.17) is 14.2 Å². The topological polar surface area (TPSA) is 84.3 Å². The van der Waals surface area contributed by atoms with Crippen molar-refractivity contribution < 1.29 is 32.5 Å². The van der Waals surface area contributed by atoms with E-state index in [1.165, 1.54) is 12.1 Å². The fourth-order valence-electron chi connectivity index (χ4n) is 2.92. The lowest BCUT2D eigenvalue weighted by molar-refractivity contribution is -0.137. The molecule has 0 bridgehead atoms. The van der Waals surface area contributed by atoms with E-state index in [9.17, 15) is 18.3 Å². The van der Waals surface area contributed by atoms with Crippen molar-refractivity contribution in [3.8, 4) is 5.75 Å². The van der Waals surface area contributed by atoms with Crippen LogP contribution in [0, 0.1) is 0 Å². The molecule has 2 unspecified atom stereocenters. The van der Waals surface area contributed by atoms with E-state index >= 15 is 0 Å². The first-order valence-electron chi connectivity index (χ1n) is 10.6. The zero-order valence-electron chi connectivity index (χ0n) is 17.8. The van der Waals surface area contributed by atoms with E-state index in [1.54, 1.807) is 0 Å². The Labute approximate surface area is 181 Å². The zero-order chi connectivity index (χ0) is 22.5. The molecule has 1 aliphatic rings. The molecule has 2 atom stereocenters. The highest BCUT2D eigenvalue weighted by atomic mass is 19.4. The molecule has 0 amide bonds. The largest absolute Gasteiger partial charge is 0.491 e. The van der Waals surface area contributed by atoms with Crippen molar-refractivity contribution in [2.24, 2.45) is 4.99 Å². The van der Waals surface area contributed by atoms with E-state index < -0.39 is 17.8 Å². The van der Waals surface area contributed by atoms with Gasteiger partial charge in [-0.25, -0.2) is 0 Å². The number of hydrogen-bond donors (Lipinski definition) is 3. The van der Waals surface area contributed by atoms with Crippen molar-refractivity contribution in [3.05, 3.63) is 29.8 Å². The lowest BCUT2D eigenvalue weighted by Gasteiger charge is -2.15. The Morgan fingerprint density at radius 3 is 2.90 bits per heavy atom. The number of halogens is 3. The molecule has 176 valence electrons. The normalized spacial score (nSPS) is 18.1. The van der Waals surface area contributed by atoms with Gasteiger partial charge in [0.25, 0.3) is 0 Å². The number of nitrogens with one attached hydrogen (secondary N) is 2. The Balaban J connectivity index is 1.66. The molecule has 0 radical (unpaired) electrons. The summed E-state index contributed by atoms with van der Waals surface area (Å²) in [4.78, 5) is 4.29. The first kappa shape index (κ1) is 25.2. The van der Waals surface area contributed by atoms with Crippen LogP contribution in [0.25, 0.3) is 0 Å². The molecule has 0 aromatic heterocycles. The Bertz CT molecular complexity index is 668. The summed E-state index contributed by atoms with van der Waals surface area (Å²) < 4.78 is 54.6. The Hall–Kier alpha value is -2.04. The van der Waals surface area contributed by atoms with Gasteiger partial charge in [0.2, 0.25) is 0 Å². The zero-order valence-corrected chi connectivity index (χ0v) is 17.8. The number of aliphatic imine (C=N–C) groups is 1. The molecule has 3 N–H and O–H groups in total. The number of alkyl halides is 3. The highest BCUT2D eigenvalue weighted by molar-refractivity contribution is 5.79. The molecule has 1 saturated heterocycles. The van der Waals surface area contributed by atoms with E-state index in [1.807, 2.05) is 6.92 Å². The lowest BCUT2D eigenvalue weighted by Crippen LogP contribution is -2.39. The van der Waals surface area contributed by atoms with Crippen molar-refractivity contribution in [1.82, 2.24) is 10.6 Å². The molecule has 1 aromatic carbocycles. The van der Waals surface area contributed by atoms with Gasteiger partial charge in [0.1, 0.15) is 18.5 Å². The molecule has 31 heavy (non-hydrogen) atoms. The fraction of sp³-hybridized carbons (Fsp3) is 0.667. The lowest BCUT2D eigenvalue weighted by atomic mass is 10.2. The summed E-state index contributed by atoms with van der Waals surface area (Å²) in [6, 6.07) is 4.55. The molecule has 10 heteroatoms. The molecule has 0 aliphatic carbocycles. The molecule has 1 heterocycles. The third-order valence-corrected chi connectivity index (χ3v) is 4.49. The molecule has 1 aliphatic heterocycles. The van der Waals surface area contributed by atoms with Crippen molar-refractivity contribution in [3.63, 3.8) is 0 Å². The van der Waals surface area contributed by atoms with Crippen LogP contribution in [-0.2, 0) is 15.7 Å². The van der Waals surface area contributed by atoms with Crippen LogP contribution in [0.4, 0.5) is 13.2 Å². The maximum absolute atomic E-state index is 12.7. The number of ether oxygens (including phenoxy) is 3. The van der Waals surface area contributed by atoms with Gasteiger partial charge in [-0.3, -0.25) is 4.99 Å². The summed E-state index contributed by atoms with van der Waals surface area (Å²) in [5.41, 5.74) is -0.795. The van der Waals surface area contributed by atoms with Gasteiger partial charge in [0.15, 0.2) is 5.96 Å². The number of guanidine groups is 1. The molecular formula is C21H32F3N3O4. The van der Waals surface area contributed by atoms with Gasteiger partial charge in [0.05, 0.1) is 24.8 Å². The van der Waals surface area contributed by atoms with Gasteiger partial charge in [-0.05, 0) is 44.4 Å². The van der Waals surface area contributed by atoms with Gasteiger partial charge < -0.3 is 30.0 Å². The molecule has 1 aromatic rings. The third-order valence-electron chi connectivity index (χ3n) is 4.49. The highest BCUT2D eigenvalue weighted by Crippen LogP contribution is 2.31. The smallest absolute Gasteiger partial charge is 0.416 e. The summed E-state index contributed by atoms with van der Waals surface area (Å²) in [5.74, 6) is 0.589. The fourth-order valence-corrected chi connectivity index (χ4v) is 2.92. The van der Waals surface area contributed by atoms with Crippen molar-refractivity contribution in [1.29, 1.82) is 0 Å². The average molecular weight is 447 g/mol. The van der Waals surface area contributed by atoms with E-state index in [0.717, 1.165) is 38.0 Å². The van der Waals surface area contributed by atoms with Crippen LogP contribution in [0.2, 0.25) is 0 Å². The minimum absolute atomic E-state index is 0.0455. The number of benzene rings is 1. The number of aliphatic hydroxyl groups is 1. The number of nitrogens with zero attached hydrogens (tertiary/aromatic N) is 1. The summed E-state index contributed by atoms with van der Waals surface area (Å²) >= 11 is 0. The first-order chi connectivity index (χ1) is 14.9. The Morgan fingerprint density at radius 1 is 1.35 bits per heavy atom. The number of rotatable bonds is 12. The standard InChI is InChI=1S/C21H32F3N3O4/c1-2-25-20(26-9-5-10-29-15-19-8-4-11-30-19)27-13-17(28)14-31-18-7-3-6-16(12-18)21(22,23)24/h3,6-7,12,17,19,28H,2,4-5,8-11,13-15H2,1H3,(H2,25,26,27). The minimum Gasteiger partial charge on any atom is -0.491 e. The predicted octanol–water partition coefficient (Wildman–Crippen LogP) is 2.59. The minimum atomic E-state index is -4.44. The molecular weight excluding hydrogens is 415 g/mol.